The van der Waals surface area contributed by atoms with E-state index in [9.17, 15) is 0 Å². The van der Waals surface area contributed by atoms with Crippen molar-refractivity contribution in [2.24, 2.45) is 0 Å². The fourth-order valence-corrected chi connectivity index (χ4v) is 2.46. The average molecular weight is 247 g/mol. The van der Waals surface area contributed by atoms with Gasteiger partial charge in [-0.3, -0.25) is 0 Å². The molecule has 2 rings (SSSR count). The van der Waals surface area contributed by atoms with Crippen LogP contribution in [-0.2, 0) is 0 Å². The Hall–Kier alpha value is -1.02. The summed E-state index contributed by atoms with van der Waals surface area (Å²) in [6, 6.07) is 6.34. The molecule has 1 aliphatic rings. The molecule has 0 radical (unpaired) electrons. The van der Waals surface area contributed by atoms with Gasteiger partial charge in [-0.1, -0.05) is 12.5 Å². The van der Waals surface area contributed by atoms with Gasteiger partial charge in [-0.2, -0.15) is 0 Å². The lowest BCUT2D eigenvalue weighted by atomic mass is 10.1. The van der Waals surface area contributed by atoms with Crippen LogP contribution in [-0.4, -0.2) is 31.1 Å². The SMILES string of the molecule is Cc1ccc(OCCCN2CCCCC2)cc1C. The molecular formula is C16H25NO. The van der Waals surface area contributed by atoms with Gasteiger partial charge in [0.15, 0.2) is 0 Å². The van der Waals surface area contributed by atoms with Crippen molar-refractivity contribution in [3.8, 4) is 5.75 Å². The summed E-state index contributed by atoms with van der Waals surface area (Å²) in [4.78, 5) is 2.56. The van der Waals surface area contributed by atoms with Gasteiger partial charge in [-0.15, -0.1) is 0 Å². The van der Waals surface area contributed by atoms with E-state index in [4.69, 9.17) is 4.74 Å². The molecule has 0 atom stereocenters. The van der Waals surface area contributed by atoms with Crippen molar-refractivity contribution in [1.82, 2.24) is 4.90 Å². The van der Waals surface area contributed by atoms with Crippen LogP contribution < -0.4 is 4.74 Å². The molecule has 0 aromatic heterocycles. The zero-order valence-corrected chi connectivity index (χ0v) is 11.7. The Morgan fingerprint density at radius 1 is 1.06 bits per heavy atom. The quantitative estimate of drug-likeness (QED) is 0.738. The van der Waals surface area contributed by atoms with Crippen LogP contribution in [0.15, 0.2) is 18.2 Å². The van der Waals surface area contributed by atoms with E-state index in [0.29, 0.717) is 0 Å². The fourth-order valence-electron chi connectivity index (χ4n) is 2.46. The van der Waals surface area contributed by atoms with Gasteiger partial charge in [-0.05, 0) is 69.5 Å². The van der Waals surface area contributed by atoms with E-state index in [2.05, 4.69) is 36.9 Å². The van der Waals surface area contributed by atoms with Crippen LogP contribution in [0, 0.1) is 13.8 Å². The van der Waals surface area contributed by atoms with E-state index in [1.54, 1.807) is 0 Å². The highest BCUT2D eigenvalue weighted by atomic mass is 16.5. The van der Waals surface area contributed by atoms with Crippen LogP contribution in [0.3, 0.4) is 0 Å². The van der Waals surface area contributed by atoms with E-state index in [1.165, 1.54) is 50.0 Å². The van der Waals surface area contributed by atoms with Gasteiger partial charge in [0.1, 0.15) is 5.75 Å². The van der Waals surface area contributed by atoms with Crippen molar-refractivity contribution in [3.63, 3.8) is 0 Å². The molecule has 2 heteroatoms. The first-order valence-electron chi connectivity index (χ1n) is 7.18. The van der Waals surface area contributed by atoms with Crippen molar-refractivity contribution < 1.29 is 4.74 Å². The summed E-state index contributed by atoms with van der Waals surface area (Å²) in [5, 5.41) is 0. The van der Waals surface area contributed by atoms with Crippen LogP contribution in [0.2, 0.25) is 0 Å². The maximum Gasteiger partial charge on any atom is 0.119 e. The number of ether oxygens (including phenoxy) is 1. The first-order valence-corrected chi connectivity index (χ1v) is 7.18. The monoisotopic (exact) mass is 247 g/mol. The van der Waals surface area contributed by atoms with Gasteiger partial charge >= 0.3 is 0 Å². The first kappa shape index (κ1) is 13.4. The summed E-state index contributed by atoms with van der Waals surface area (Å²) >= 11 is 0. The second kappa shape index (κ2) is 6.79. The maximum atomic E-state index is 5.81. The van der Waals surface area contributed by atoms with E-state index >= 15 is 0 Å². The third kappa shape index (κ3) is 4.02. The van der Waals surface area contributed by atoms with Crippen molar-refractivity contribution >= 4 is 0 Å². The highest BCUT2D eigenvalue weighted by molar-refractivity contribution is 5.33. The molecule has 0 amide bonds. The molecule has 0 unspecified atom stereocenters. The van der Waals surface area contributed by atoms with Gasteiger partial charge in [0.25, 0.3) is 0 Å². The van der Waals surface area contributed by atoms with E-state index < -0.39 is 0 Å². The van der Waals surface area contributed by atoms with E-state index in [1.807, 2.05) is 0 Å². The number of benzene rings is 1. The smallest absolute Gasteiger partial charge is 0.119 e. The Bertz CT molecular complexity index is 369. The molecule has 1 aromatic carbocycles. The molecule has 2 nitrogen and oxygen atoms in total. The Morgan fingerprint density at radius 2 is 1.83 bits per heavy atom. The molecule has 1 aliphatic heterocycles. The van der Waals surface area contributed by atoms with Crippen LogP contribution in [0.1, 0.15) is 36.8 Å². The Kier molecular flexibility index (Phi) is 5.06. The Balaban J connectivity index is 1.66. The molecule has 100 valence electrons. The van der Waals surface area contributed by atoms with Crippen molar-refractivity contribution in [1.29, 1.82) is 0 Å². The lowest BCUT2D eigenvalue weighted by molar-refractivity contribution is 0.205. The molecule has 1 saturated heterocycles. The standard InChI is InChI=1S/C16H25NO/c1-14-7-8-16(13-15(14)2)18-12-6-11-17-9-4-3-5-10-17/h7-8,13H,3-6,9-12H2,1-2H3. The molecule has 0 spiro atoms. The van der Waals surface area contributed by atoms with Crippen molar-refractivity contribution in [2.75, 3.05) is 26.2 Å². The minimum atomic E-state index is 0.832. The fraction of sp³-hybridized carbons (Fsp3) is 0.625. The summed E-state index contributed by atoms with van der Waals surface area (Å²) in [6.07, 6.45) is 5.29. The van der Waals surface area contributed by atoms with Crippen LogP contribution in [0.4, 0.5) is 0 Å². The summed E-state index contributed by atoms with van der Waals surface area (Å²) in [6.45, 7) is 8.85. The zero-order chi connectivity index (χ0) is 12.8. The molecule has 0 saturated carbocycles. The molecular weight excluding hydrogens is 222 g/mol. The zero-order valence-electron chi connectivity index (χ0n) is 11.7. The van der Waals surface area contributed by atoms with E-state index in [-0.39, 0.29) is 0 Å². The topological polar surface area (TPSA) is 12.5 Å². The molecule has 18 heavy (non-hydrogen) atoms. The van der Waals surface area contributed by atoms with Crippen LogP contribution >= 0.6 is 0 Å². The molecule has 1 aromatic rings. The lowest BCUT2D eigenvalue weighted by Crippen LogP contribution is -2.31. The minimum absolute atomic E-state index is 0.832. The average Bonchev–Trinajstić information content (AvgIpc) is 2.40. The summed E-state index contributed by atoms with van der Waals surface area (Å²) in [5.74, 6) is 1.01. The predicted octanol–water partition coefficient (Wildman–Crippen LogP) is 3.56. The van der Waals surface area contributed by atoms with Gasteiger partial charge in [0.2, 0.25) is 0 Å². The predicted molar refractivity (Wildman–Crippen MR) is 76.3 cm³/mol. The number of piperidine rings is 1. The number of rotatable bonds is 5. The third-order valence-electron chi connectivity index (χ3n) is 3.81. The Labute approximate surface area is 111 Å². The highest BCUT2D eigenvalue weighted by Gasteiger charge is 2.08. The van der Waals surface area contributed by atoms with E-state index in [0.717, 1.165) is 18.8 Å². The normalized spacial score (nSPS) is 16.8. The van der Waals surface area contributed by atoms with Gasteiger partial charge in [0, 0.05) is 6.54 Å². The molecule has 0 bridgehead atoms. The minimum Gasteiger partial charge on any atom is -0.494 e. The summed E-state index contributed by atoms with van der Waals surface area (Å²) in [5.41, 5.74) is 2.64. The van der Waals surface area contributed by atoms with Crippen LogP contribution in [0.5, 0.6) is 5.75 Å². The van der Waals surface area contributed by atoms with Gasteiger partial charge in [-0.25, -0.2) is 0 Å². The number of hydrogen-bond acceptors (Lipinski definition) is 2. The van der Waals surface area contributed by atoms with Crippen molar-refractivity contribution in [3.05, 3.63) is 29.3 Å². The number of aryl methyl sites for hydroxylation is 2. The highest BCUT2D eigenvalue weighted by Crippen LogP contribution is 2.16. The van der Waals surface area contributed by atoms with Gasteiger partial charge < -0.3 is 9.64 Å². The lowest BCUT2D eigenvalue weighted by Gasteiger charge is -2.26. The summed E-state index contributed by atoms with van der Waals surface area (Å²) < 4.78 is 5.81. The molecule has 0 aliphatic carbocycles. The summed E-state index contributed by atoms with van der Waals surface area (Å²) in [7, 11) is 0. The second-order valence-electron chi connectivity index (χ2n) is 5.35. The number of likely N-dealkylation sites (tertiary alicyclic amines) is 1. The Morgan fingerprint density at radius 3 is 2.56 bits per heavy atom. The number of nitrogens with zero attached hydrogens (tertiary/aromatic N) is 1. The maximum absolute atomic E-state index is 5.81. The molecule has 1 heterocycles. The van der Waals surface area contributed by atoms with Gasteiger partial charge in [0.05, 0.1) is 6.61 Å². The first-order chi connectivity index (χ1) is 8.75. The number of hydrogen-bond donors (Lipinski definition) is 0. The molecule has 1 fully saturated rings. The second-order valence-corrected chi connectivity index (χ2v) is 5.35. The van der Waals surface area contributed by atoms with Crippen molar-refractivity contribution in [2.45, 2.75) is 39.5 Å². The van der Waals surface area contributed by atoms with Crippen LogP contribution in [0.25, 0.3) is 0 Å². The largest absolute Gasteiger partial charge is 0.494 e. The third-order valence-corrected chi connectivity index (χ3v) is 3.81. The molecule has 0 N–H and O–H groups in total.